The third-order valence-corrected chi connectivity index (χ3v) is 4.32. The number of carbonyl (C=O) groups is 1. The lowest BCUT2D eigenvalue weighted by Crippen LogP contribution is -2.46. The van der Waals surface area contributed by atoms with Crippen molar-refractivity contribution >= 4 is 5.91 Å². The predicted molar refractivity (Wildman–Crippen MR) is 80.8 cm³/mol. The van der Waals surface area contributed by atoms with Crippen LogP contribution in [0.5, 0.6) is 11.5 Å². The minimum absolute atomic E-state index is 0.122. The highest BCUT2D eigenvalue weighted by atomic mass is 16.7. The van der Waals surface area contributed by atoms with Gasteiger partial charge in [-0.3, -0.25) is 4.79 Å². The van der Waals surface area contributed by atoms with E-state index in [0.29, 0.717) is 19.7 Å². The fourth-order valence-electron chi connectivity index (χ4n) is 3.18. The highest BCUT2D eigenvalue weighted by molar-refractivity contribution is 5.83. The Balaban J connectivity index is 1.70. The van der Waals surface area contributed by atoms with Crippen LogP contribution in [0.25, 0.3) is 0 Å². The van der Waals surface area contributed by atoms with E-state index in [4.69, 9.17) is 14.2 Å². The van der Waals surface area contributed by atoms with Crippen LogP contribution in [0.1, 0.15) is 12.0 Å². The molecular weight excluding hydrogens is 284 g/mol. The van der Waals surface area contributed by atoms with Gasteiger partial charge in [0.25, 0.3) is 0 Å². The van der Waals surface area contributed by atoms with Crippen LogP contribution in [0.3, 0.4) is 0 Å². The molecule has 1 fully saturated rings. The molecule has 22 heavy (non-hydrogen) atoms. The highest BCUT2D eigenvalue weighted by Crippen LogP contribution is 2.33. The first-order valence-electron chi connectivity index (χ1n) is 7.48. The normalized spacial score (nSPS) is 22.8. The number of benzene rings is 1. The number of hydrogen-bond donors (Lipinski definition) is 1. The number of ether oxygens (including phenoxy) is 3. The largest absolute Gasteiger partial charge is 0.454 e. The summed E-state index contributed by atoms with van der Waals surface area (Å²) in [6.45, 7) is 2.78. The Kier molecular flexibility index (Phi) is 4.22. The second-order valence-electron chi connectivity index (χ2n) is 5.99. The van der Waals surface area contributed by atoms with Crippen molar-refractivity contribution in [1.82, 2.24) is 10.2 Å². The number of methoxy groups -OCH3 is 1. The second-order valence-corrected chi connectivity index (χ2v) is 5.99. The first kappa shape index (κ1) is 15.1. The van der Waals surface area contributed by atoms with Crippen LogP contribution in [-0.2, 0) is 16.1 Å². The van der Waals surface area contributed by atoms with Crippen LogP contribution in [0.4, 0.5) is 0 Å². The zero-order valence-electron chi connectivity index (χ0n) is 13.1. The van der Waals surface area contributed by atoms with E-state index in [2.05, 4.69) is 5.32 Å². The molecule has 120 valence electrons. The summed E-state index contributed by atoms with van der Waals surface area (Å²) in [5.74, 6) is 1.62. The van der Waals surface area contributed by atoms with Crippen LogP contribution in [0.15, 0.2) is 18.2 Å². The van der Waals surface area contributed by atoms with Gasteiger partial charge < -0.3 is 24.4 Å². The molecule has 1 aromatic carbocycles. The number of amides is 1. The number of rotatable bonds is 5. The van der Waals surface area contributed by atoms with Gasteiger partial charge in [0.2, 0.25) is 12.7 Å². The number of fused-ring (bicyclic) bond motifs is 1. The van der Waals surface area contributed by atoms with Crippen molar-refractivity contribution in [2.24, 2.45) is 5.41 Å². The summed E-state index contributed by atoms with van der Waals surface area (Å²) < 4.78 is 16.0. The Morgan fingerprint density at radius 1 is 1.41 bits per heavy atom. The Labute approximate surface area is 130 Å². The molecule has 1 saturated heterocycles. The quantitative estimate of drug-likeness (QED) is 0.879. The lowest BCUT2D eigenvalue weighted by atomic mass is 9.86. The maximum Gasteiger partial charge on any atom is 0.232 e. The standard InChI is InChI=1S/C16H22N2O4/c1-18(15(19)16(10-20-2)5-6-17-9-16)8-12-3-4-13-14(7-12)22-11-21-13/h3-4,7,17H,5-6,8-11H2,1-2H3. The van der Waals surface area contributed by atoms with E-state index in [-0.39, 0.29) is 12.7 Å². The molecule has 2 heterocycles. The van der Waals surface area contributed by atoms with Crippen LogP contribution >= 0.6 is 0 Å². The van der Waals surface area contributed by atoms with Crippen molar-refractivity contribution in [1.29, 1.82) is 0 Å². The zero-order chi connectivity index (χ0) is 15.6. The molecule has 1 N–H and O–H groups in total. The fraction of sp³-hybridized carbons (Fsp3) is 0.562. The molecule has 0 aliphatic carbocycles. The third-order valence-electron chi connectivity index (χ3n) is 4.32. The van der Waals surface area contributed by atoms with Crippen LogP contribution in [0, 0.1) is 5.41 Å². The van der Waals surface area contributed by atoms with Crippen molar-refractivity contribution in [3.05, 3.63) is 23.8 Å². The molecule has 1 aromatic rings. The molecule has 0 bridgehead atoms. The summed E-state index contributed by atoms with van der Waals surface area (Å²) >= 11 is 0. The molecule has 1 unspecified atom stereocenters. The topological polar surface area (TPSA) is 60.0 Å². The van der Waals surface area contributed by atoms with Crippen molar-refractivity contribution in [2.75, 3.05) is 40.6 Å². The van der Waals surface area contributed by atoms with E-state index in [0.717, 1.165) is 30.0 Å². The summed E-state index contributed by atoms with van der Waals surface area (Å²) in [6.07, 6.45) is 0.811. The lowest BCUT2D eigenvalue weighted by Gasteiger charge is -2.31. The molecule has 3 rings (SSSR count). The van der Waals surface area contributed by atoms with Crippen molar-refractivity contribution in [2.45, 2.75) is 13.0 Å². The molecule has 1 atom stereocenters. The maximum atomic E-state index is 12.8. The summed E-state index contributed by atoms with van der Waals surface area (Å²) in [5.41, 5.74) is 0.582. The molecule has 0 aromatic heterocycles. The molecule has 2 aliphatic heterocycles. The first-order chi connectivity index (χ1) is 10.6. The van der Waals surface area contributed by atoms with Crippen molar-refractivity contribution < 1.29 is 19.0 Å². The van der Waals surface area contributed by atoms with Gasteiger partial charge in [0.05, 0.1) is 12.0 Å². The zero-order valence-corrected chi connectivity index (χ0v) is 13.1. The SMILES string of the molecule is COCC1(C(=O)N(C)Cc2ccc3c(c2)OCO3)CCNC1. The number of hydrogen-bond acceptors (Lipinski definition) is 5. The van der Waals surface area contributed by atoms with E-state index in [9.17, 15) is 4.79 Å². The monoisotopic (exact) mass is 306 g/mol. The van der Waals surface area contributed by atoms with Gasteiger partial charge in [-0.15, -0.1) is 0 Å². The number of carbonyl (C=O) groups excluding carboxylic acids is 1. The van der Waals surface area contributed by atoms with Gasteiger partial charge in [-0.25, -0.2) is 0 Å². The molecule has 6 nitrogen and oxygen atoms in total. The van der Waals surface area contributed by atoms with Gasteiger partial charge in [0, 0.05) is 27.2 Å². The third kappa shape index (κ3) is 2.76. The first-order valence-corrected chi connectivity index (χ1v) is 7.48. The molecule has 6 heteroatoms. The summed E-state index contributed by atoms with van der Waals surface area (Å²) in [7, 11) is 3.48. The van der Waals surface area contributed by atoms with Gasteiger partial charge in [0.15, 0.2) is 11.5 Å². The predicted octanol–water partition coefficient (Wildman–Crippen LogP) is 1.000. The minimum atomic E-state index is -0.445. The van der Waals surface area contributed by atoms with Gasteiger partial charge in [-0.05, 0) is 30.7 Å². The van der Waals surface area contributed by atoms with Crippen molar-refractivity contribution in [3.63, 3.8) is 0 Å². The summed E-state index contributed by atoms with van der Waals surface area (Å²) in [6, 6.07) is 5.78. The van der Waals surface area contributed by atoms with Crippen LogP contribution in [-0.4, -0.2) is 51.5 Å². The molecular formula is C16H22N2O4. The van der Waals surface area contributed by atoms with Crippen LogP contribution in [0.2, 0.25) is 0 Å². The summed E-state index contributed by atoms with van der Waals surface area (Å²) in [5, 5.41) is 3.27. The molecule has 1 amide bonds. The smallest absolute Gasteiger partial charge is 0.232 e. The van der Waals surface area contributed by atoms with E-state index < -0.39 is 5.41 Å². The van der Waals surface area contributed by atoms with E-state index >= 15 is 0 Å². The molecule has 0 saturated carbocycles. The van der Waals surface area contributed by atoms with E-state index in [1.54, 1.807) is 12.0 Å². The Morgan fingerprint density at radius 2 is 2.23 bits per heavy atom. The highest BCUT2D eigenvalue weighted by Gasteiger charge is 2.43. The Morgan fingerprint density at radius 3 is 2.95 bits per heavy atom. The van der Waals surface area contributed by atoms with Gasteiger partial charge in [-0.2, -0.15) is 0 Å². The average Bonchev–Trinajstić information content (AvgIpc) is 3.16. The fourth-order valence-corrected chi connectivity index (χ4v) is 3.18. The molecule has 0 radical (unpaired) electrons. The maximum absolute atomic E-state index is 12.8. The molecule has 0 spiro atoms. The lowest BCUT2D eigenvalue weighted by molar-refractivity contribution is -0.143. The van der Waals surface area contributed by atoms with Crippen LogP contribution < -0.4 is 14.8 Å². The van der Waals surface area contributed by atoms with Gasteiger partial charge in [-0.1, -0.05) is 6.07 Å². The molecule has 2 aliphatic rings. The van der Waals surface area contributed by atoms with E-state index in [1.165, 1.54) is 0 Å². The van der Waals surface area contributed by atoms with Gasteiger partial charge in [0.1, 0.15) is 0 Å². The Bertz CT molecular complexity index is 555. The second kappa shape index (κ2) is 6.14. The van der Waals surface area contributed by atoms with Crippen molar-refractivity contribution in [3.8, 4) is 11.5 Å². The number of nitrogens with zero attached hydrogens (tertiary/aromatic N) is 1. The summed E-state index contributed by atoms with van der Waals surface area (Å²) in [4.78, 5) is 14.6. The van der Waals surface area contributed by atoms with E-state index in [1.807, 2.05) is 25.2 Å². The average molecular weight is 306 g/mol. The number of nitrogens with one attached hydrogen (secondary N) is 1. The van der Waals surface area contributed by atoms with Gasteiger partial charge >= 0.3 is 0 Å². The Hall–Kier alpha value is -1.79. The minimum Gasteiger partial charge on any atom is -0.454 e.